The van der Waals surface area contributed by atoms with Gasteiger partial charge in [0.05, 0.1) is 5.69 Å². The smallest absolute Gasteiger partial charge is 0.323 e. The Morgan fingerprint density at radius 3 is 2.78 bits per heavy atom. The number of benzene rings is 1. The Kier molecular flexibility index (Phi) is 3.60. The van der Waals surface area contributed by atoms with Crippen LogP contribution >= 0.6 is 0 Å². The molecule has 18 heavy (non-hydrogen) atoms. The van der Waals surface area contributed by atoms with Gasteiger partial charge in [0.25, 0.3) is 11.3 Å². The lowest BCUT2D eigenvalue weighted by atomic mass is 10.1. The third-order valence-corrected chi connectivity index (χ3v) is 2.73. The zero-order valence-corrected chi connectivity index (χ0v) is 9.90. The van der Waals surface area contributed by atoms with E-state index in [0.717, 1.165) is 0 Å². The number of nitrogens with one attached hydrogen (secondary N) is 3. The van der Waals surface area contributed by atoms with Crippen molar-refractivity contribution in [3.63, 3.8) is 0 Å². The van der Waals surface area contributed by atoms with Gasteiger partial charge in [0.1, 0.15) is 6.10 Å². The predicted octanol–water partition coefficient (Wildman–Crippen LogP) is 0.333. The van der Waals surface area contributed by atoms with Crippen molar-refractivity contribution < 1.29 is 13.9 Å². The zero-order chi connectivity index (χ0) is 13.1. The normalized spacial score (nSPS) is 14.1. The molecule has 1 aromatic heterocycles. The third-order valence-electron chi connectivity index (χ3n) is 2.32. The van der Waals surface area contributed by atoms with Crippen molar-refractivity contribution >= 4 is 17.0 Å². The van der Waals surface area contributed by atoms with Crippen LogP contribution in [0.1, 0.15) is 17.4 Å². The second kappa shape index (κ2) is 5.17. The molecule has 0 spiro atoms. The van der Waals surface area contributed by atoms with Gasteiger partial charge in [0, 0.05) is 11.9 Å². The third kappa shape index (κ3) is 2.86. The van der Waals surface area contributed by atoms with Gasteiger partial charge in [-0.1, -0.05) is 12.1 Å². The van der Waals surface area contributed by atoms with Gasteiger partial charge in [-0.25, -0.2) is 9.00 Å². The Labute approximate surface area is 104 Å². The van der Waals surface area contributed by atoms with Crippen molar-refractivity contribution in [2.75, 3.05) is 4.72 Å². The highest BCUT2D eigenvalue weighted by molar-refractivity contribution is 7.80. The molecule has 7 nitrogen and oxygen atoms in total. The van der Waals surface area contributed by atoms with Crippen LogP contribution < -0.4 is 10.4 Å². The summed E-state index contributed by atoms with van der Waals surface area (Å²) in [7, 11) is 0. The van der Waals surface area contributed by atoms with E-state index < -0.39 is 23.1 Å². The second-order valence-corrected chi connectivity index (χ2v) is 4.28. The van der Waals surface area contributed by atoms with Crippen LogP contribution in [0.4, 0.5) is 5.69 Å². The van der Waals surface area contributed by atoms with Crippen molar-refractivity contribution in [1.29, 1.82) is 0 Å². The summed E-state index contributed by atoms with van der Waals surface area (Å²) >= 11 is -2.17. The summed E-state index contributed by atoms with van der Waals surface area (Å²) in [5.41, 5.74) is 0.794. The highest BCUT2D eigenvalue weighted by Gasteiger charge is 2.12. The summed E-state index contributed by atoms with van der Waals surface area (Å²) in [5, 5.41) is 10.0. The fourth-order valence-electron chi connectivity index (χ4n) is 1.55. The molecule has 1 aromatic carbocycles. The molecule has 2 unspecified atom stereocenters. The van der Waals surface area contributed by atoms with E-state index in [0.29, 0.717) is 16.9 Å². The van der Waals surface area contributed by atoms with Crippen LogP contribution in [0.5, 0.6) is 0 Å². The standard InChI is InChI=1S/C10H11N3O4S/c14-9(8-5-11-10(15)12-8)6-2-1-3-7(4-6)13-18(16)17/h1-5,9,13-14H,(H,16,17)(H2,11,12,15). The van der Waals surface area contributed by atoms with Gasteiger partial charge in [-0.3, -0.25) is 9.27 Å². The minimum atomic E-state index is -2.17. The molecule has 0 bridgehead atoms. The summed E-state index contributed by atoms with van der Waals surface area (Å²) < 4.78 is 21.6. The maximum absolute atomic E-state index is 10.9. The van der Waals surface area contributed by atoms with E-state index in [4.69, 9.17) is 4.55 Å². The van der Waals surface area contributed by atoms with Crippen LogP contribution in [0.25, 0.3) is 0 Å². The minimum absolute atomic E-state index is 0.322. The van der Waals surface area contributed by atoms with Crippen molar-refractivity contribution in [3.05, 3.63) is 52.2 Å². The Morgan fingerprint density at radius 1 is 1.39 bits per heavy atom. The first kappa shape index (κ1) is 12.6. The second-order valence-electron chi connectivity index (χ2n) is 3.58. The molecule has 96 valence electrons. The summed E-state index contributed by atoms with van der Waals surface area (Å²) in [5.74, 6) is 0. The number of H-pyrrole nitrogens is 2. The number of aromatic nitrogens is 2. The zero-order valence-electron chi connectivity index (χ0n) is 9.08. The van der Waals surface area contributed by atoms with E-state index >= 15 is 0 Å². The summed E-state index contributed by atoms with van der Waals surface area (Å²) in [4.78, 5) is 15.8. The number of aromatic amines is 2. The van der Waals surface area contributed by atoms with Gasteiger partial charge >= 0.3 is 5.69 Å². The van der Waals surface area contributed by atoms with Gasteiger partial charge in [-0.2, -0.15) is 0 Å². The van der Waals surface area contributed by atoms with E-state index in [1.165, 1.54) is 12.3 Å². The largest absolute Gasteiger partial charge is 0.382 e. The molecule has 0 aliphatic carbocycles. The fourth-order valence-corrected chi connectivity index (χ4v) is 1.88. The van der Waals surface area contributed by atoms with Gasteiger partial charge in [0.15, 0.2) is 0 Å². The fraction of sp³-hybridized carbons (Fsp3) is 0.100. The van der Waals surface area contributed by atoms with Crippen LogP contribution in [0.3, 0.4) is 0 Å². The van der Waals surface area contributed by atoms with E-state index in [-0.39, 0.29) is 0 Å². The summed E-state index contributed by atoms with van der Waals surface area (Å²) in [6, 6.07) is 6.37. The molecule has 0 aliphatic heterocycles. The van der Waals surface area contributed by atoms with E-state index in [9.17, 15) is 14.1 Å². The van der Waals surface area contributed by atoms with Crippen molar-refractivity contribution in [2.24, 2.45) is 0 Å². The van der Waals surface area contributed by atoms with Crippen LogP contribution in [-0.2, 0) is 11.3 Å². The molecule has 2 aromatic rings. The SMILES string of the molecule is O=c1[nH]cc(C(O)c2cccc(NS(=O)O)c2)[nH]1. The Morgan fingerprint density at radius 2 is 2.17 bits per heavy atom. The summed E-state index contributed by atoms with van der Waals surface area (Å²) in [6.07, 6.45) is 0.356. The van der Waals surface area contributed by atoms with Crippen LogP contribution in [-0.4, -0.2) is 23.8 Å². The lowest BCUT2D eigenvalue weighted by molar-refractivity contribution is 0.216. The molecule has 0 amide bonds. The van der Waals surface area contributed by atoms with Crippen molar-refractivity contribution in [1.82, 2.24) is 9.97 Å². The molecule has 0 aliphatic rings. The average Bonchev–Trinajstić information content (AvgIpc) is 2.74. The average molecular weight is 269 g/mol. The molecule has 8 heteroatoms. The molecule has 0 saturated carbocycles. The number of hydrogen-bond donors (Lipinski definition) is 5. The number of imidazole rings is 1. The molecule has 0 saturated heterocycles. The maximum atomic E-state index is 10.9. The Hall–Kier alpha value is -1.90. The number of aliphatic hydroxyl groups excluding tert-OH is 1. The van der Waals surface area contributed by atoms with Crippen LogP contribution in [0, 0.1) is 0 Å². The molecule has 0 radical (unpaired) electrons. The van der Waals surface area contributed by atoms with Crippen molar-refractivity contribution in [2.45, 2.75) is 6.10 Å². The first-order valence-electron chi connectivity index (χ1n) is 4.99. The lowest BCUT2D eigenvalue weighted by Gasteiger charge is -2.10. The number of hydrogen-bond acceptors (Lipinski definition) is 3. The van der Waals surface area contributed by atoms with Gasteiger partial charge in [-0.05, 0) is 17.7 Å². The van der Waals surface area contributed by atoms with Crippen molar-refractivity contribution in [3.8, 4) is 0 Å². The molecule has 5 N–H and O–H groups in total. The van der Waals surface area contributed by atoms with Gasteiger partial charge in [-0.15, -0.1) is 0 Å². The van der Waals surface area contributed by atoms with E-state index in [1.54, 1.807) is 18.2 Å². The summed E-state index contributed by atoms with van der Waals surface area (Å²) in [6.45, 7) is 0. The van der Waals surface area contributed by atoms with Gasteiger partial charge < -0.3 is 15.1 Å². The molecule has 0 fully saturated rings. The Balaban J connectivity index is 2.27. The topological polar surface area (TPSA) is 118 Å². The van der Waals surface area contributed by atoms with E-state index in [1.807, 2.05) is 0 Å². The quantitative estimate of drug-likeness (QED) is 0.514. The minimum Gasteiger partial charge on any atom is -0.382 e. The molecular weight excluding hydrogens is 258 g/mol. The molecule has 2 atom stereocenters. The monoisotopic (exact) mass is 269 g/mol. The molecule has 1 heterocycles. The number of aliphatic hydroxyl groups is 1. The van der Waals surface area contributed by atoms with Gasteiger partial charge in [0.2, 0.25) is 0 Å². The molecule has 2 rings (SSSR count). The molecular formula is C10H11N3O4S. The maximum Gasteiger partial charge on any atom is 0.323 e. The first-order chi connectivity index (χ1) is 8.56. The highest BCUT2D eigenvalue weighted by Crippen LogP contribution is 2.22. The highest BCUT2D eigenvalue weighted by atomic mass is 32.2. The van der Waals surface area contributed by atoms with Crippen LogP contribution in [0.15, 0.2) is 35.3 Å². The number of rotatable bonds is 4. The van der Waals surface area contributed by atoms with E-state index in [2.05, 4.69) is 14.7 Å². The first-order valence-corrected chi connectivity index (χ1v) is 6.10. The Bertz CT molecular complexity index is 621. The predicted molar refractivity (Wildman–Crippen MR) is 66.3 cm³/mol. The number of anilines is 1. The lowest BCUT2D eigenvalue weighted by Crippen LogP contribution is -2.06. The van der Waals surface area contributed by atoms with Crippen LogP contribution in [0.2, 0.25) is 0 Å².